The topological polar surface area (TPSA) is 66.8 Å². The van der Waals surface area contributed by atoms with Crippen LogP contribution < -0.4 is 0 Å². The zero-order valence-corrected chi connectivity index (χ0v) is 14.4. The van der Waals surface area contributed by atoms with E-state index in [0.29, 0.717) is 26.2 Å². The van der Waals surface area contributed by atoms with Crippen LogP contribution in [0.5, 0.6) is 0 Å². The molecule has 0 unspecified atom stereocenters. The molecule has 1 saturated heterocycles. The van der Waals surface area contributed by atoms with Crippen molar-refractivity contribution in [3.8, 4) is 0 Å². The predicted octanol–water partition coefficient (Wildman–Crippen LogP) is 3.07. The highest BCUT2D eigenvalue weighted by molar-refractivity contribution is 5.87. The van der Waals surface area contributed by atoms with Gasteiger partial charge in [-0.1, -0.05) is 30.4 Å². The van der Waals surface area contributed by atoms with Gasteiger partial charge in [-0.3, -0.25) is 4.79 Å². The number of aromatic carboxylic acids is 1. The molecular formula is C20H25NO4. The Morgan fingerprint density at radius 1 is 1.36 bits per heavy atom. The second-order valence-corrected chi connectivity index (χ2v) is 6.03. The Morgan fingerprint density at radius 2 is 2.12 bits per heavy atom. The second kappa shape index (κ2) is 9.79. The molecule has 1 amide bonds. The van der Waals surface area contributed by atoms with E-state index in [9.17, 15) is 9.59 Å². The van der Waals surface area contributed by atoms with Gasteiger partial charge in [0.15, 0.2) is 0 Å². The van der Waals surface area contributed by atoms with Gasteiger partial charge in [-0.15, -0.1) is 6.58 Å². The zero-order valence-electron chi connectivity index (χ0n) is 14.4. The lowest BCUT2D eigenvalue weighted by Crippen LogP contribution is -2.33. The molecule has 5 heteroatoms. The summed E-state index contributed by atoms with van der Waals surface area (Å²) in [4.78, 5) is 24.9. The highest BCUT2D eigenvalue weighted by atomic mass is 16.5. The number of likely N-dealkylation sites (tertiary alicyclic amines) is 1. The first-order chi connectivity index (χ1) is 12.1. The van der Waals surface area contributed by atoms with Gasteiger partial charge >= 0.3 is 5.97 Å². The van der Waals surface area contributed by atoms with Crippen molar-refractivity contribution in [2.75, 3.05) is 19.8 Å². The van der Waals surface area contributed by atoms with Crippen molar-refractivity contribution >= 4 is 11.9 Å². The van der Waals surface area contributed by atoms with Crippen molar-refractivity contribution in [2.24, 2.45) is 0 Å². The summed E-state index contributed by atoms with van der Waals surface area (Å²) in [6, 6.07) is 6.97. The fourth-order valence-corrected chi connectivity index (χ4v) is 2.88. The van der Waals surface area contributed by atoms with E-state index in [0.717, 1.165) is 24.8 Å². The molecule has 0 aliphatic carbocycles. The van der Waals surface area contributed by atoms with Crippen LogP contribution in [0, 0.1) is 0 Å². The molecule has 0 saturated carbocycles. The molecule has 0 spiro atoms. The smallest absolute Gasteiger partial charge is 0.335 e. The number of carbonyl (C=O) groups excluding carboxylic acids is 1. The number of amides is 1. The summed E-state index contributed by atoms with van der Waals surface area (Å²) < 4.78 is 5.34. The Kier molecular flexibility index (Phi) is 7.41. The van der Waals surface area contributed by atoms with Crippen LogP contribution in [-0.4, -0.2) is 47.7 Å². The van der Waals surface area contributed by atoms with Crippen LogP contribution in [0.1, 0.15) is 35.2 Å². The Bertz CT molecular complexity index is 621. The van der Waals surface area contributed by atoms with Crippen LogP contribution >= 0.6 is 0 Å². The van der Waals surface area contributed by atoms with Crippen LogP contribution in [0.3, 0.4) is 0 Å². The van der Waals surface area contributed by atoms with E-state index in [2.05, 4.69) is 18.7 Å². The molecule has 2 rings (SSSR count). The number of rotatable bonds is 10. The van der Waals surface area contributed by atoms with Crippen molar-refractivity contribution < 1.29 is 19.4 Å². The summed E-state index contributed by atoms with van der Waals surface area (Å²) in [5.74, 6) is -0.747. The number of hydrogen-bond donors (Lipinski definition) is 1. The van der Waals surface area contributed by atoms with Crippen molar-refractivity contribution in [3.63, 3.8) is 0 Å². The first-order valence-electron chi connectivity index (χ1n) is 8.59. The first kappa shape index (κ1) is 18.9. The minimum atomic E-state index is -0.927. The quantitative estimate of drug-likeness (QED) is 0.524. The van der Waals surface area contributed by atoms with E-state index >= 15 is 0 Å². The molecule has 0 aromatic heterocycles. The van der Waals surface area contributed by atoms with Crippen LogP contribution in [0.25, 0.3) is 0 Å². The molecule has 1 aromatic carbocycles. The third kappa shape index (κ3) is 5.87. The fourth-order valence-electron chi connectivity index (χ4n) is 2.88. The summed E-state index contributed by atoms with van der Waals surface area (Å²) >= 11 is 0. The van der Waals surface area contributed by atoms with E-state index < -0.39 is 5.97 Å². The Morgan fingerprint density at radius 3 is 2.80 bits per heavy atom. The van der Waals surface area contributed by atoms with Gasteiger partial charge in [-0.25, -0.2) is 4.79 Å². The molecule has 134 valence electrons. The Balaban J connectivity index is 1.83. The molecule has 1 fully saturated rings. The number of carboxylic acid groups (broad SMARTS) is 1. The largest absolute Gasteiger partial charge is 0.478 e. The summed E-state index contributed by atoms with van der Waals surface area (Å²) in [6.45, 7) is 5.46. The molecule has 1 aliphatic rings. The molecule has 1 aliphatic heterocycles. The van der Waals surface area contributed by atoms with Crippen molar-refractivity contribution in [1.82, 2.24) is 4.90 Å². The Hall–Kier alpha value is -2.40. The third-order valence-electron chi connectivity index (χ3n) is 4.24. The van der Waals surface area contributed by atoms with Gasteiger partial charge in [0.05, 0.1) is 24.8 Å². The number of hydrogen-bond acceptors (Lipinski definition) is 3. The van der Waals surface area contributed by atoms with Crippen LogP contribution in [0.2, 0.25) is 0 Å². The van der Waals surface area contributed by atoms with E-state index in [1.807, 2.05) is 17.0 Å². The fraction of sp³-hybridized carbons (Fsp3) is 0.400. The predicted molar refractivity (Wildman–Crippen MR) is 96.6 cm³/mol. The normalized spacial score (nSPS) is 17.4. The van der Waals surface area contributed by atoms with Crippen LogP contribution in [-0.2, 0) is 16.0 Å². The molecule has 5 nitrogen and oxygen atoms in total. The van der Waals surface area contributed by atoms with Crippen molar-refractivity contribution in [3.05, 3.63) is 60.2 Å². The number of carboxylic acids is 1. The zero-order chi connectivity index (χ0) is 18.1. The summed E-state index contributed by atoms with van der Waals surface area (Å²) in [7, 11) is 0. The van der Waals surface area contributed by atoms with Crippen LogP contribution in [0.15, 0.2) is 49.1 Å². The van der Waals surface area contributed by atoms with Gasteiger partial charge in [-0.05, 0) is 37.0 Å². The summed E-state index contributed by atoms with van der Waals surface area (Å²) in [5, 5.41) is 8.92. The standard InChI is InChI=1S/C20H25NO4/c1-2-14-25-15-4-3-5-18-10-11-19(22)21(18)13-12-16-6-8-17(9-7-16)20(23)24/h2-3,5-9,18H,1,4,10-15H2,(H,23,24)/b5-3+/t18-/m0/s1. The maximum atomic E-state index is 12.1. The summed E-state index contributed by atoms with van der Waals surface area (Å²) in [5.41, 5.74) is 1.31. The molecule has 0 bridgehead atoms. The van der Waals surface area contributed by atoms with Gasteiger partial charge in [-0.2, -0.15) is 0 Å². The second-order valence-electron chi connectivity index (χ2n) is 6.03. The summed E-state index contributed by atoms with van der Waals surface area (Å²) in [6.07, 6.45) is 8.86. The monoisotopic (exact) mass is 343 g/mol. The van der Waals surface area contributed by atoms with Gasteiger partial charge in [0.2, 0.25) is 5.91 Å². The highest BCUT2D eigenvalue weighted by Gasteiger charge is 2.28. The van der Waals surface area contributed by atoms with E-state index in [1.165, 1.54) is 0 Å². The lowest BCUT2D eigenvalue weighted by atomic mass is 10.1. The van der Waals surface area contributed by atoms with Crippen molar-refractivity contribution in [1.29, 1.82) is 0 Å². The molecular weight excluding hydrogens is 318 g/mol. The minimum absolute atomic E-state index is 0.144. The average Bonchev–Trinajstić information content (AvgIpc) is 2.96. The first-order valence-corrected chi connectivity index (χ1v) is 8.59. The molecule has 1 heterocycles. The average molecular weight is 343 g/mol. The molecule has 0 radical (unpaired) electrons. The Labute approximate surface area is 148 Å². The lowest BCUT2D eigenvalue weighted by Gasteiger charge is -2.22. The van der Waals surface area contributed by atoms with Gasteiger partial charge in [0.1, 0.15) is 0 Å². The third-order valence-corrected chi connectivity index (χ3v) is 4.24. The molecule has 1 N–H and O–H groups in total. The number of benzene rings is 1. The number of carbonyl (C=O) groups is 2. The molecule has 1 atom stereocenters. The number of nitrogens with zero attached hydrogens (tertiary/aromatic N) is 1. The van der Waals surface area contributed by atoms with Gasteiger partial charge in [0, 0.05) is 13.0 Å². The SMILES string of the molecule is C=CCOCC/C=C/[C@H]1CCC(=O)N1CCc1ccc(C(=O)O)cc1. The minimum Gasteiger partial charge on any atom is -0.478 e. The highest BCUT2D eigenvalue weighted by Crippen LogP contribution is 2.20. The maximum absolute atomic E-state index is 12.1. The van der Waals surface area contributed by atoms with Gasteiger partial charge in [0.25, 0.3) is 0 Å². The maximum Gasteiger partial charge on any atom is 0.335 e. The molecule has 1 aromatic rings. The van der Waals surface area contributed by atoms with E-state index in [4.69, 9.17) is 9.84 Å². The molecule has 25 heavy (non-hydrogen) atoms. The van der Waals surface area contributed by atoms with Crippen molar-refractivity contribution in [2.45, 2.75) is 31.7 Å². The van der Waals surface area contributed by atoms with E-state index in [-0.39, 0.29) is 17.5 Å². The lowest BCUT2D eigenvalue weighted by molar-refractivity contribution is -0.128. The van der Waals surface area contributed by atoms with E-state index in [1.54, 1.807) is 18.2 Å². The number of ether oxygens (including phenoxy) is 1. The van der Waals surface area contributed by atoms with Gasteiger partial charge < -0.3 is 14.7 Å². The van der Waals surface area contributed by atoms with Crippen LogP contribution in [0.4, 0.5) is 0 Å².